The summed E-state index contributed by atoms with van der Waals surface area (Å²) in [4.78, 5) is 9.88. The molecule has 102 valence electrons. The van der Waals surface area contributed by atoms with Crippen LogP contribution in [0.1, 0.15) is 10.6 Å². The van der Waals surface area contributed by atoms with Gasteiger partial charge >= 0.3 is 0 Å². The summed E-state index contributed by atoms with van der Waals surface area (Å²) in [5.41, 5.74) is 3.79. The second-order valence-corrected chi connectivity index (χ2v) is 6.76. The molecule has 0 spiro atoms. The Hall–Kier alpha value is -1.12. The predicted molar refractivity (Wildman–Crippen MR) is 80.2 cm³/mol. The first-order valence-corrected chi connectivity index (χ1v) is 8.74. The number of thiazole rings is 2. The van der Waals surface area contributed by atoms with E-state index in [-0.39, 0.29) is 0 Å². The number of aromatic nitrogens is 2. The van der Waals surface area contributed by atoms with Crippen molar-refractivity contribution in [1.29, 1.82) is 0 Å². The predicted octanol–water partition coefficient (Wildman–Crippen LogP) is 3.58. The highest BCUT2D eigenvalue weighted by Gasteiger charge is 2.44. The van der Waals surface area contributed by atoms with E-state index in [0.29, 0.717) is 13.2 Å². The Morgan fingerprint density at radius 3 is 2.70 bits per heavy atom. The summed E-state index contributed by atoms with van der Waals surface area (Å²) in [7, 11) is 0. The molecule has 3 aromatic rings. The van der Waals surface area contributed by atoms with Crippen LogP contribution in [0.2, 0.25) is 0 Å². The molecule has 4 nitrogen and oxygen atoms in total. The minimum Gasteiger partial charge on any atom is -0.338 e. The lowest BCUT2D eigenvalue weighted by Gasteiger charge is -2.23. The molecular weight excluding hydrogens is 312 g/mol. The van der Waals surface area contributed by atoms with Crippen molar-refractivity contribution in [2.45, 2.75) is 5.79 Å². The molecule has 0 radical (unpaired) electrons. The van der Waals surface area contributed by atoms with Crippen molar-refractivity contribution < 1.29 is 9.47 Å². The summed E-state index contributed by atoms with van der Waals surface area (Å²) in [6, 6.07) is 2.03. The van der Waals surface area contributed by atoms with E-state index in [0.717, 1.165) is 21.1 Å². The number of ether oxygens (including phenoxy) is 2. The largest absolute Gasteiger partial charge is 0.338 e. The first kappa shape index (κ1) is 12.6. The van der Waals surface area contributed by atoms with Gasteiger partial charge in [-0.15, -0.1) is 22.7 Å². The number of nitrogens with zero attached hydrogens (tertiary/aromatic N) is 2. The van der Waals surface area contributed by atoms with Gasteiger partial charge in [0, 0.05) is 17.1 Å². The van der Waals surface area contributed by atoms with Crippen LogP contribution in [0.25, 0.3) is 10.6 Å². The number of hydrogen-bond donors (Lipinski definition) is 0. The van der Waals surface area contributed by atoms with E-state index in [1.165, 1.54) is 0 Å². The van der Waals surface area contributed by atoms with E-state index in [9.17, 15) is 0 Å². The Morgan fingerprint density at radius 1 is 1.10 bits per heavy atom. The van der Waals surface area contributed by atoms with Crippen molar-refractivity contribution in [3.8, 4) is 10.6 Å². The third kappa shape index (κ3) is 1.94. The van der Waals surface area contributed by atoms with Crippen LogP contribution >= 0.6 is 34.0 Å². The molecule has 3 aromatic heterocycles. The molecule has 0 saturated carbocycles. The van der Waals surface area contributed by atoms with Crippen LogP contribution in [0, 0.1) is 0 Å². The van der Waals surface area contributed by atoms with E-state index in [1.54, 1.807) is 34.0 Å². The quantitative estimate of drug-likeness (QED) is 0.739. The maximum atomic E-state index is 5.92. The smallest absolute Gasteiger partial charge is 0.250 e. The second kappa shape index (κ2) is 5.01. The zero-order valence-electron chi connectivity index (χ0n) is 10.3. The maximum absolute atomic E-state index is 5.92. The highest BCUT2D eigenvalue weighted by atomic mass is 32.1. The van der Waals surface area contributed by atoms with E-state index < -0.39 is 5.79 Å². The number of thiophene rings is 1. The van der Waals surface area contributed by atoms with Gasteiger partial charge in [0.2, 0.25) is 0 Å². The molecule has 0 atom stereocenters. The van der Waals surface area contributed by atoms with Crippen LogP contribution in [-0.4, -0.2) is 23.2 Å². The minimum atomic E-state index is -0.834. The molecular formula is C13H10N2O2S3. The van der Waals surface area contributed by atoms with Gasteiger partial charge in [0.25, 0.3) is 5.79 Å². The van der Waals surface area contributed by atoms with Gasteiger partial charge in [-0.2, -0.15) is 11.3 Å². The van der Waals surface area contributed by atoms with Crippen molar-refractivity contribution in [1.82, 2.24) is 9.97 Å². The highest BCUT2D eigenvalue weighted by molar-refractivity contribution is 7.15. The molecule has 1 saturated heterocycles. The number of hydrogen-bond acceptors (Lipinski definition) is 7. The van der Waals surface area contributed by atoms with E-state index in [4.69, 9.17) is 9.47 Å². The van der Waals surface area contributed by atoms with Crippen molar-refractivity contribution >= 4 is 34.0 Å². The van der Waals surface area contributed by atoms with Gasteiger partial charge in [-0.1, -0.05) is 0 Å². The standard InChI is InChI=1S/C13H10N2O2S3/c1-4-18-6-9(1)13(16-2-3-17-13)12-14-5-11(20-12)10-7-19-8-15-10/h1,4-8H,2-3H2. The fourth-order valence-electron chi connectivity index (χ4n) is 2.16. The SMILES string of the molecule is c1cc(C2(c3ncc(-c4cscn4)s3)OCCO2)cs1. The Balaban J connectivity index is 1.78. The number of rotatable bonds is 3. The maximum Gasteiger partial charge on any atom is 0.250 e. The lowest BCUT2D eigenvalue weighted by atomic mass is 10.1. The van der Waals surface area contributed by atoms with E-state index in [1.807, 2.05) is 28.5 Å². The van der Waals surface area contributed by atoms with Gasteiger partial charge in [0.1, 0.15) is 0 Å². The van der Waals surface area contributed by atoms with Gasteiger partial charge in [0.05, 0.1) is 29.3 Å². The van der Waals surface area contributed by atoms with Crippen LogP contribution in [0.4, 0.5) is 0 Å². The van der Waals surface area contributed by atoms with Crippen molar-refractivity contribution in [3.05, 3.63) is 44.5 Å². The monoisotopic (exact) mass is 322 g/mol. The van der Waals surface area contributed by atoms with E-state index in [2.05, 4.69) is 15.3 Å². The average molecular weight is 322 g/mol. The normalized spacial score (nSPS) is 17.6. The van der Waals surface area contributed by atoms with Crippen LogP contribution in [-0.2, 0) is 15.3 Å². The second-order valence-electron chi connectivity index (χ2n) is 4.23. The fourth-order valence-corrected chi connectivity index (χ4v) is 4.47. The van der Waals surface area contributed by atoms with Gasteiger partial charge in [-0.05, 0) is 16.8 Å². The molecule has 7 heteroatoms. The van der Waals surface area contributed by atoms with Crippen LogP contribution in [0.3, 0.4) is 0 Å². The molecule has 20 heavy (non-hydrogen) atoms. The first-order valence-electron chi connectivity index (χ1n) is 6.04. The molecule has 0 bridgehead atoms. The lowest BCUT2D eigenvalue weighted by Crippen LogP contribution is -2.27. The summed E-state index contributed by atoms with van der Waals surface area (Å²) in [5.74, 6) is -0.834. The summed E-state index contributed by atoms with van der Waals surface area (Å²) in [6.07, 6.45) is 1.84. The van der Waals surface area contributed by atoms with Crippen molar-refractivity contribution in [2.24, 2.45) is 0 Å². The molecule has 0 N–H and O–H groups in total. The Morgan fingerprint density at radius 2 is 2.00 bits per heavy atom. The summed E-state index contributed by atoms with van der Waals surface area (Å²) in [5, 5.41) is 6.92. The molecule has 0 aromatic carbocycles. The highest BCUT2D eigenvalue weighted by Crippen LogP contribution is 2.42. The molecule has 4 heterocycles. The molecule has 0 amide bonds. The lowest BCUT2D eigenvalue weighted by molar-refractivity contribution is -0.129. The molecule has 0 unspecified atom stereocenters. The van der Waals surface area contributed by atoms with Crippen LogP contribution < -0.4 is 0 Å². The van der Waals surface area contributed by atoms with Gasteiger partial charge in [-0.3, -0.25) is 0 Å². The Bertz CT molecular complexity index is 685. The van der Waals surface area contributed by atoms with Gasteiger partial charge in [-0.25, -0.2) is 9.97 Å². The van der Waals surface area contributed by atoms with Crippen LogP contribution in [0.5, 0.6) is 0 Å². The average Bonchev–Trinajstić information content (AvgIpc) is 3.22. The summed E-state index contributed by atoms with van der Waals surface area (Å²) in [6.45, 7) is 1.17. The summed E-state index contributed by atoms with van der Waals surface area (Å²) < 4.78 is 11.8. The third-order valence-corrected chi connectivity index (χ3v) is 5.44. The zero-order chi connectivity index (χ0) is 13.4. The Kier molecular flexibility index (Phi) is 3.16. The molecule has 1 aliphatic heterocycles. The zero-order valence-corrected chi connectivity index (χ0v) is 12.8. The van der Waals surface area contributed by atoms with Gasteiger partial charge < -0.3 is 9.47 Å². The topological polar surface area (TPSA) is 44.2 Å². The third-order valence-electron chi connectivity index (χ3n) is 3.07. The van der Waals surface area contributed by atoms with Crippen molar-refractivity contribution in [3.63, 3.8) is 0 Å². The van der Waals surface area contributed by atoms with Gasteiger partial charge in [0.15, 0.2) is 5.01 Å². The fraction of sp³-hybridized carbons (Fsp3) is 0.231. The molecule has 1 aliphatic rings. The molecule has 1 fully saturated rings. The van der Waals surface area contributed by atoms with E-state index >= 15 is 0 Å². The molecule has 4 rings (SSSR count). The Labute approximate surface area is 127 Å². The summed E-state index contributed by atoms with van der Waals surface area (Å²) >= 11 is 4.78. The molecule has 0 aliphatic carbocycles. The van der Waals surface area contributed by atoms with Crippen molar-refractivity contribution in [2.75, 3.05) is 13.2 Å². The van der Waals surface area contributed by atoms with Crippen LogP contribution in [0.15, 0.2) is 33.9 Å². The first-order chi connectivity index (χ1) is 9.88. The minimum absolute atomic E-state index is 0.585.